The molecule has 5 heteroatoms. The number of hydrogen-bond acceptors (Lipinski definition) is 3. The van der Waals surface area contributed by atoms with Crippen molar-refractivity contribution in [2.75, 3.05) is 0 Å². The first-order valence-electron chi connectivity index (χ1n) is 8.18. The second kappa shape index (κ2) is 9.03. The highest BCUT2D eigenvalue weighted by Crippen LogP contribution is 2.22. The lowest BCUT2D eigenvalue weighted by Crippen LogP contribution is -2.49. The fraction of sp³-hybridized carbons (Fsp3) is 0.875. The molecule has 1 aliphatic carbocycles. The molecule has 0 radical (unpaired) electrons. The van der Waals surface area contributed by atoms with Crippen molar-refractivity contribution >= 4 is 11.9 Å². The average molecular weight is 299 g/mol. The molecule has 1 rings (SSSR count). The lowest BCUT2D eigenvalue weighted by molar-refractivity contribution is -0.148. The molecule has 0 bridgehead atoms. The van der Waals surface area contributed by atoms with E-state index < -0.39 is 18.1 Å². The number of ether oxygens (including phenoxy) is 1. The molecule has 1 unspecified atom stereocenters. The van der Waals surface area contributed by atoms with Gasteiger partial charge in [0.25, 0.3) is 0 Å². The molecule has 3 atom stereocenters. The number of carbonyl (C=O) groups is 2. The summed E-state index contributed by atoms with van der Waals surface area (Å²) in [6, 6.07) is -0.841. The van der Waals surface area contributed by atoms with E-state index in [1.54, 1.807) is 0 Å². The third-order valence-electron chi connectivity index (χ3n) is 4.35. The summed E-state index contributed by atoms with van der Waals surface area (Å²) < 4.78 is 5.89. The van der Waals surface area contributed by atoms with Crippen LogP contribution in [0.2, 0.25) is 0 Å². The maximum absolute atomic E-state index is 12.3. The highest BCUT2D eigenvalue weighted by atomic mass is 16.5. The van der Waals surface area contributed by atoms with Crippen molar-refractivity contribution < 1.29 is 19.4 Å². The molecule has 21 heavy (non-hydrogen) atoms. The molecular weight excluding hydrogens is 270 g/mol. The van der Waals surface area contributed by atoms with Gasteiger partial charge in [-0.3, -0.25) is 4.79 Å². The van der Waals surface area contributed by atoms with Crippen LogP contribution in [0.25, 0.3) is 0 Å². The van der Waals surface area contributed by atoms with Crippen LogP contribution < -0.4 is 5.32 Å². The minimum absolute atomic E-state index is 0.0985. The largest absolute Gasteiger partial charge is 0.480 e. The summed E-state index contributed by atoms with van der Waals surface area (Å²) in [4.78, 5) is 23.6. The Morgan fingerprint density at radius 3 is 2.29 bits per heavy atom. The Hall–Kier alpha value is -1.10. The highest BCUT2D eigenvalue weighted by molar-refractivity contribution is 5.86. The Morgan fingerprint density at radius 1 is 1.19 bits per heavy atom. The molecule has 0 saturated heterocycles. The summed E-state index contributed by atoms with van der Waals surface area (Å²) in [5, 5.41) is 11.9. The van der Waals surface area contributed by atoms with Gasteiger partial charge in [0.05, 0.1) is 6.10 Å². The van der Waals surface area contributed by atoms with Crippen molar-refractivity contribution in [3.8, 4) is 0 Å². The summed E-state index contributed by atoms with van der Waals surface area (Å²) in [5.74, 6) is -1.38. The molecule has 0 heterocycles. The van der Waals surface area contributed by atoms with Crippen LogP contribution in [0.3, 0.4) is 0 Å². The number of rotatable bonds is 8. The normalized spacial score (nSPS) is 20.5. The number of aliphatic carboxylic acids is 1. The minimum atomic E-state index is -0.981. The summed E-state index contributed by atoms with van der Waals surface area (Å²) in [5.41, 5.74) is 0. The molecule has 5 nitrogen and oxygen atoms in total. The Balaban J connectivity index is 2.57. The molecule has 0 aliphatic heterocycles. The summed E-state index contributed by atoms with van der Waals surface area (Å²) in [6.45, 7) is 5.65. The second-order valence-corrected chi connectivity index (χ2v) is 6.00. The van der Waals surface area contributed by atoms with Gasteiger partial charge in [0, 0.05) is 0 Å². The van der Waals surface area contributed by atoms with Gasteiger partial charge in [0.2, 0.25) is 5.91 Å². The van der Waals surface area contributed by atoms with Crippen molar-refractivity contribution in [2.45, 2.75) is 84.0 Å². The standard InChI is InChI=1S/C16H29NO4/c1-4-11(3)14(16(19)20)17-15(18)13(5-2)21-12-9-7-6-8-10-12/h11-14H,4-10H2,1-3H3,(H,17,18)(H,19,20)/t11-,13?,14-/m0/s1. The molecule has 1 saturated carbocycles. The quantitative estimate of drug-likeness (QED) is 0.722. The van der Waals surface area contributed by atoms with Crippen molar-refractivity contribution in [3.05, 3.63) is 0 Å². The van der Waals surface area contributed by atoms with Crippen LogP contribution in [0.15, 0.2) is 0 Å². The summed E-state index contributed by atoms with van der Waals surface area (Å²) in [7, 11) is 0. The van der Waals surface area contributed by atoms with Gasteiger partial charge in [0.1, 0.15) is 12.1 Å². The molecule has 1 amide bonds. The van der Waals surface area contributed by atoms with Gasteiger partial charge in [-0.15, -0.1) is 0 Å². The van der Waals surface area contributed by atoms with Crippen molar-refractivity contribution in [1.29, 1.82) is 0 Å². The highest BCUT2D eigenvalue weighted by Gasteiger charge is 2.30. The third-order valence-corrected chi connectivity index (χ3v) is 4.35. The van der Waals surface area contributed by atoms with Crippen LogP contribution in [-0.2, 0) is 14.3 Å². The Kier molecular flexibility index (Phi) is 7.72. The number of hydrogen-bond donors (Lipinski definition) is 2. The van der Waals surface area contributed by atoms with Crippen LogP contribution in [-0.4, -0.2) is 35.2 Å². The fourth-order valence-corrected chi connectivity index (χ4v) is 2.71. The molecule has 122 valence electrons. The van der Waals surface area contributed by atoms with Crippen LogP contribution in [0.1, 0.15) is 65.7 Å². The monoisotopic (exact) mass is 299 g/mol. The van der Waals surface area contributed by atoms with E-state index in [-0.39, 0.29) is 17.9 Å². The smallest absolute Gasteiger partial charge is 0.326 e. The van der Waals surface area contributed by atoms with Crippen molar-refractivity contribution in [2.24, 2.45) is 5.92 Å². The zero-order valence-corrected chi connectivity index (χ0v) is 13.4. The molecule has 0 aromatic rings. The van der Waals surface area contributed by atoms with Crippen LogP contribution in [0, 0.1) is 5.92 Å². The second-order valence-electron chi connectivity index (χ2n) is 6.00. The predicted molar refractivity (Wildman–Crippen MR) is 81.1 cm³/mol. The first-order valence-corrected chi connectivity index (χ1v) is 8.18. The van der Waals surface area contributed by atoms with Gasteiger partial charge in [0.15, 0.2) is 0 Å². The van der Waals surface area contributed by atoms with Gasteiger partial charge in [-0.25, -0.2) is 4.79 Å². The van der Waals surface area contributed by atoms with Gasteiger partial charge >= 0.3 is 5.97 Å². The molecule has 0 aromatic heterocycles. The minimum Gasteiger partial charge on any atom is -0.480 e. The van der Waals surface area contributed by atoms with E-state index in [0.29, 0.717) is 12.8 Å². The van der Waals surface area contributed by atoms with E-state index in [0.717, 1.165) is 25.7 Å². The number of carbonyl (C=O) groups excluding carboxylic acids is 1. The van der Waals surface area contributed by atoms with Gasteiger partial charge in [-0.1, -0.05) is 46.5 Å². The van der Waals surface area contributed by atoms with E-state index in [4.69, 9.17) is 4.74 Å². The maximum atomic E-state index is 12.3. The number of amides is 1. The SMILES string of the molecule is CCC(OC1CCCCC1)C(=O)N[C@H](C(=O)O)[C@@H](C)CC. The van der Waals surface area contributed by atoms with E-state index in [1.165, 1.54) is 6.42 Å². The first kappa shape index (κ1) is 18.0. The zero-order chi connectivity index (χ0) is 15.8. The van der Waals surface area contributed by atoms with E-state index in [1.807, 2.05) is 20.8 Å². The van der Waals surface area contributed by atoms with Crippen LogP contribution in [0.4, 0.5) is 0 Å². The Morgan fingerprint density at radius 2 is 1.81 bits per heavy atom. The number of carboxylic acids is 1. The molecule has 0 spiro atoms. The molecule has 0 aromatic carbocycles. The fourth-order valence-electron chi connectivity index (χ4n) is 2.71. The topological polar surface area (TPSA) is 75.6 Å². The summed E-state index contributed by atoms with van der Waals surface area (Å²) >= 11 is 0. The number of nitrogens with one attached hydrogen (secondary N) is 1. The third kappa shape index (κ3) is 5.65. The zero-order valence-electron chi connectivity index (χ0n) is 13.4. The molecule has 2 N–H and O–H groups in total. The average Bonchev–Trinajstić information content (AvgIpc) is 2.49. The first-order chi connectivity index (χ1) is 9.99. The van der Waals surface area contributed by atoms with Crippen molar-refractivity contribution in [1.82, 2.24) is 5.32 Å². The van der Waals surface area contributed by atoms with Crippen molar-refractivity contribution in [3.63, 3.8) is 0 Å². The van der Waals surface area contributed by atoms with E-state index in [9.17, 15) is 14.7 Å². The molecular formula is C16H29NO4. The van der Waals surface area contributed by atoms with Crippen LogP contribution >= 0.6 is 0 Å². The maximum Gasteiger partial charge on any atom is 0.326 e. The van der Waals surface area contributed by atoms with E-state index in [2.05, 4.69) is 5.32 Å². The lowest BCUT2D eigenvalue weighted by Gasteiger charge is -2.28. The Labute approximate surface area is 127 Å². The van der Waals surface area contributed by atoms with Gasteiger partial charge < -0.3 is 15.2 Å². The van der Waals surface area contributed by atoms with Gasteiger partial charge in [-0.05, 0) is 25.2 Å². The van der Waals surface area contributed by atoms with E-state index >= 15 is 0 Å². The summed E-state index contributed by atoms with van der Waals surface area (Å²) in [6.07, 6.45) is 6.39. The molecule has 1 aliphatic rings. The Bertz CT molecular complexity index is 339. The van der Waals surface area contributed by atoms with Crippen LogP contribution in [0.5, 0.6) is 0 Å². The number of carboxylic acid groups (broad SMARTS) is 1. The lowest BCUT2D eigenvalue weighted by atomic mass is 9.97. The molecule has 1 fully saturated rings. The van der Waals surface area contributed by atoms with Gasteiger partial charge in [-0.2, -0.15) is 0 Å². The predicted octanol–water partition coefficient (Wildman–Crippen LogP) is 2.73.